The van der Waals surface area contributed by atoms with E-state index in [1.54, 1.807) is 12.1 Å². The van der Waals surface area contributed by atoms with Gasteiger partial charge in [0.1, 0.15) is 29.1 Å². The second-order valence-electron chi connectivity index (χ2n) is 4.88. The molecule has 0 amide bonds. The van der Waals surface area contributed by atoms with Gasteiger partial charge >= 0.3 is 0 Å². The monoisotopic (exact) mass is 352 g/mol. The molecule has 0 aliphatic rings. The Morgan fingerprint density at radius 2 is 1.76 bits per heavy atom. The Labute approximate surface area is 128 Å². The molecule has 3 rings (SSSR count). The van der Waals surface area contributed by atoms with Gasteiger partial charge in [-0.05, 0) is 37.3 Å². The van der Waals surface area contributed by atoms with Gasteiger partial charge in [-0.2, -0.15) is 0 Å². The normalized spacial score (nSPS) is 12.8. The summed E-state index contributed by atoms with van der Waals surface area (Å²) < 4.78 is 33.5. The molecule has 0 fully saturated rings. The number of halogens is 3. The van der Waals surface area contributed by atoms with Crippen LogP contribution in [0, 0.1) is 18.6 Å². The van der Waals surface area contributed by atoms with Crippen LogP contribution in [-0.4, -0.2) is 5.11 Å². The Balaban J connectivity index is 2.10. The van der Waals surface area contributed by atoms with Gasteiger partial charge in [-0.3, -0.25) is 0 Å². The van der Waals surface area contributed by atoms with Crippen molar-refractivity contribution >= 4 is 26.9 Å². The van der Waals surface area contributed by atoms with E-state index in [9.17, 15) is 13.9 Å². The first kappa shape index (κ1) is 14.2. The van der Waals surface area contributed by atoms with Crippen molar-refractivity contribution < 1.29 is 18.3 Å². The van der Waals surface area contributed by atoms with Crippen LogP contribution in [0.1, 0.15) is 23.0 Å². The highest BCUT2D eigenvalue weighted by atomic mass is 79.9. The second-order valence-corrected chi connectivity index (χ2v) is 5.79. The van der Waals surface area contributed by atoms with Crippen LogP contribution in [0.2, 0.25) is 0 Å². The maximum Gasteiger partial charge on any atom is 0.142 e. The van der Waals surface area contributed by atoms with Gasteiger partial charge in [-0.25, -0.2) is 8.78 Å². The van der Waals surface area contributed by atoms with E-state index in [-0.39, 0.29) is 10.2 Å². The Bertz CT molecular complexity index is 803. The summed E-state index contributed by atoms with van der Waals surface area (Å²) in [7, 11) is 0. The number of benzene rings is 2. The van der Waals surface area contributed by atoms with Crippen LogP contribution in [0.15, 0.2) is 45.3 Å². The highest BCUT2D eigenvalue weighted by Crippen LogP contribution is 2.32. The molecule has 1 aromatic heterocycles. The topological polar surface area (TPSA) is 33.4 Å². The molecule has 1 N–H and O–H groups in total. The second kappa shape index (κ2) is 5.24. The number of aliphatic hydroxyl groups excluding tert-OH is 1. The van der Waals surface area contributed by atoms with Gasteiger partial charge in [0.15, 0.2) is 0 Å². The average Bonchev–Trinajstić information content (AvgIpc) is 2.80. The molecule has 0 spiro atoms. The average molecular weight is 353 g/mol. The molecule has 1 atom stereocenters. The van der Waals surface area contributed by atoms with Crippen molar-refractivity contribution in [1.82, 2.24) is 0 Å². The number of furan rings is 1. The first-order valence-corrected chi connectivity index (χ1v) is 7.07. The van der Waals surface area contributed by atoms with Gasteiger partial charge in [0.25, 0.3) is 0 Å². The summed E-state index contributed by atoms with van der Waals surface area (Å²) in [6.45, 7) is 1.93. The fourth-order valence-corrected chi connectivity index (χ4v) is 2.68. The van der Waals surface area contributed by atoms with E-state index in [2.05, 4.69) is 15.9 Å². The van der Waals surface area contributed by atoms with Crippen molar-refractivity contribution in [1.29, 1.82) is 0 Å². The molecule has 1 unspecified atom stereocenters. The molecule has 5 heteroatoms. The molecule has 0 radical (unpaired) electrons. The molecule has 21 heavy (non-hydrogen) atoms. The number of hydrogen-bond acceptors (Lipinski definition) is 2. The van der Waals surface area contributed by atoms with Gasteiger partial charge in [0, 0.05) is 9.86 Å². The van der Waals surface area contributed by atoms with E-state index in [4.69, 9.17) is 4.42 Å². The number of rotatable bonds is 2. The van der Waals surface area contributed by atoms with E-state index in [0.29, 0.717) is 5.58 Å². The maximum absolute atomic E-state index is 13.9. The first-order valence-electron chi connectivity index (χ1n) is 6.28. The SMILES string of the molecule is Cc1ccc2oc(C(O)c3c(F)cc(Br)cc3F)cc2c1. The van der Waals surface area contributed by atoms with Crippen molar-refractivity contribution in [2.75, 3.05) is 0 Å². The quantitative estimate of drug-likeness (QED) is 0.714. The largest absolute Gasteiger partial charge is 0.458 e. The lowest BCUT2D eigenvalue weighted by Crippen LogP contribution is -2.05. The fourth-order valence-electron chi connectivity index (χ4n) is 2.27. The zero-order chi connectivity index (χ0) is 15.1. The molecular formula is C16H11BrF2O2. The van der Waals surface area contributed by atoms with Crippen LogP contribution in [0.4, 0.5) is 8.78 Å². The van der Waals surface area contributed by atoms with Crippen molar-refractivity contribution in [3.05, 3.63) is 69.4 Å². The number of aryl methyl sites for hydroxylation is 1. The zero-order valence-corrected chi connectivity index (χ0v) is 12.6. The minimum absolute atomic E-state index is 0.107. The molecule has 0 aliphatic carbocycles. The number of aliphatic hydroxyl groups is 1. The first-order chi connectivity index (χ1) is 9.95. The minimum atomic E-state index is -1.49. The summed E-state index contributed by atoms with van der Waals surface area (Å²) in [6, 6.07) is 9.30. The van der Waals surface area contributed by atoms with E-state index in [1.165, 1.54) is 0 Å². The molecule has 108 valence electrons. The Morgan fingerprint density at radius 1 is 1.10 bits per heavy atom. The van der Waals surface area contributed by atoms with E-state index >= 15 is 0 Å². The van der Waals surface area contributed by atoms with E-state index in [0.717, 1.165) is 23.1 Å². The third-order valence-corrected chi connectivity index (χ3v) is 3.74. The molecule has 2 nitrogen and oxygen atoms in total. The van der Waals surface area contributed by atoms with E-state index in [1.807, 2.05) is 19.1 Å². The minimum Gasteiger partial charge on any atom is -0.458 e. The summed E-state index contributed by atoms with van der Waals surface area (Å²) >= 11 is 3.00. The number of fused-ring (bicyclic) bond motifs is 1. The molecule has 0 saturated carbocycles. The summed E-state index contributed by atoms with van der Waals surface area (Å²) in [4.78, 5) is 0. The smallest absolute Gasteiger partial charge is 0.142 e. The maximum atomic E-state index is 13.9. The van der Waals surface area contributed by atoms with Crippen molar-refractivity contribution in [3.63, 3.8) is 0 Å². The third-order valence-electron chi connectivity index (χ3n) is 3.28. The molecule has 2 aromatic carbocycles. The lowest BCUT2D eigenvalue weighted by atomic mass is 10.1. The Hall–Kier alpha value is -1.72. The predicted molar refractivity (Wildman–Crippen MR) is 79.1 cm³/mol. The van der Waals surface area contributed by atoms with Crippen molar-refractivity contribution in [2.24, 2.45) is 0 Å². The number of hydrogen-bond donors (Lipinski definition) is 1. The standard InChI is InChI=1S/C16H11BrF2O2/c1-8-2-3-13-9(4-8)5-14(21-13)16(20)15-11(18)6-10(17)7-12(15)19/h2-7,16,20H,1H3. The zero-order valence-electron chi connectivity index (χ0n) is 11.0. The van der Waals surface area contributed by atoms with Gasteiger partial charge in [0.05, 0.1) is 5.56 Å². The van der Waals surface area contributed by atoms with Crippen LogP contribution < -0.4 is 0 Å². The van der Waals surface area contributed by atoms with Crippen molar-refractivity contribution in [3.8, 4) is 0 Å². The summed E-state index contributed by atoms with van der Waals surface area (Å²) in [5, 5.41) is 11.0. The van der Waals surface area contributed by atoms with Crippen LogP contribution in [0.3, 0.4) is 0 Å². The van der Waals surface area contributed by atoms with Gasteiger partial charge in [-0.15, -0.1) is 0 Å². The molecular weight excluding hydrogens is 342 g/mol. The Morgan fingerprint density at radius 3 is 2.43 bits per heavy atom. The molecule has 1 heterocycles. The summed E-state index contributed by atoms with van der Waals surface area (Å²) in [5.74, 6) is -1.55. The Kier molecular flexibility index (Phi) is 3.55. The van der Waals surface area contributed by atoms with Crippen LogP contribution in [-0.2, 0) is 0 Å². The predicted octanol–water partition coefficient (Wildman–Crippen LogP) is 4.86. The lowest BCUT2D eigenvalue weighted by Gasteiger charge is -2.10. The molecule has 0 bridgehead atoms. The third kappa shape index (κ3) is 2.59. The molecule has 3 aromatic rings. The van der Waals surface area contributed by atoms with Gasteiger partial charge in [0.2, 0.25) is 0 Å². The van der Waals surface area contributed by atoms with Gasteiger partial charge < -0.3 is 9.52 Å². The van der Waals surface area contributed by atoms with E-state index < -0.39 is 23.3 Å². The summed E-state index contributed by atoms with van der Waals surface area (Å²) in [6.07, 6.45) is -1.49. The van der Waals surface area contributed by atoms with Crippen LogP contribution in [0.5, 0.6) is 0 Å². The molecule has 0 saturated heterocycles. The van der Waals surface area contributed by atoms with Crippen LogP contribution >= 0.6 is 15.9 Å². The fraction of sp³-hybridized carbons (Fsp3) is 0.125. The van der Waals surface area contributed by atoms with Crippen LogP contribution in [0.25, 0.3) is 11.0 Å². The lowest BCUT2D eigenvalue weighted by molar-refractivity contribution is 0.182. The molecule has 0 aliphatic heterocycles. The highest BCUT2D eigenvalue weighted by molar-refractivity contribution is 9.10. The summed E-state index contributed by atoms with van der Waals surface area (Å²) in [5.41, 5.74) is 1.17. The highest BCUT2D eigenvalue weighted by Gasteiger charge is 2.23. The van der Waals surface area contributed by atoms with Crippen molar-refractivity contribution in [2.45, 2.75) is 13.0 Å². The van der Waals surface area contributed by atoms with Gasteiger partial charge in [-0.1, -0.05) is 27.6 Å².